The van der Waals surface area contributed by atoms with Gasteiger partial charge in [0.2, 0.25) is 0 Å². The molecule has 25 heavy (non-hydrogen) atoms. The van der Waals surface area contributed by atoms with Crippen molar-refractivity contribution in [3.05, 3.63) is 76.9 Å². The molecule has 0 radical (unpaired) electrons. The fourth-order valence-corrected chi connectivity index (χ4v) is 2.94. The molecule has 1 nitrogen and oxygen atoms in total. The van der Waals surface area contributed by atoms with E-state index < -0.39 is 0 Å². The first-order valence-electron chi connectivity index (χ1n) is 9.57. The molecule has 0 atom stereocenters. The second kappa shape index (κ2) is 10.7. The van der Waals surface area contributed by atoms with Crippen LogP contribution in [0, 0.1) is 6.92 Å². The third-order valence-electron chi connectivity index (χ3n) is 4.54. The lowest BCUT2D eigenvalue weighted by Crippen LogP contribution is -1.96. The Balaban J connectivity index is 1.86. The molecule has 0 aliphatic carbocycles. The SMILES string of the molecule is CCCCCCCCc1cccc(C(=O)C=Cc2ccc(C)cc2)c1. The average molecular weight is 335 g/mol. The van der Waals surface area contributed by atoms with Crippen molar-refractivity contribution >= 4 is 11.9 Å². The van der Waals surface area contributed by atoms with Crippen LogP contribution in [0.5, 0.6) is 0 Å². The van der Waals surface area contributed by atoms with Crippen molar-refractivity contribution in [2.45, 2.75) is 58.8 Å². The van der Waals surface area contributed by atoms with E-state index in [4.69, 9.17) is 0 Å². The highest BCUT2D eigenvalue weighted by Gasteiger charge is 2.03. The first kappa shape index (κ1) is 19.2. The summed E-state index contributed by atoms with van der Waals surface area (Å²) < 4.78 is 0. The molecule has 0 heterocycles. The predicted octanol–water partition coefficient (Wildman–Crippen LogP) is 6.79. The Morgan fingerprint density at radius 1 is 0.920 bits per heavy atom. The minimum Gasteiger partial charge on any atom is -0.289 e. The zero-order valence-electron chi connectivity index (χ0n) is 15.6. The van der Waals surface area contributed by atoms with Crippen molar-refractivity contribution in [2.24, 2.45) is 0 Å². The van der Waals surface area contributed by atoms with Crippen LogP contribution >= 0.6 is 0 Å². The fraction of sp³-hybridized carbons (Fsp3) is 0.375. The quantitative estimate of drug-likeness (QED) is 0.265. The van der Waals surface area contributed by atoms with Crippen LogP contribution in [0.25, 0.3) is 6.08 Å². The molecule has 132 valence electrons. The summed E-state index contributed by atoms with van der Waals surface area (Å²) >= 11 is 0. The highest BCUT2D eigenvalue weighted by Crippen LogP contribution is 2.13. The molecular formula is C24H30O. The second-order valence-corrected chi connectivity index (χ2v) is 6.83. The molecule has 2 aromatic rings. The number of carbonyl (C=O) groups excluding carboxylic acids is 1. The maximum atomic E-state index is 12.4. The van der Waals surface area contributed by atoms with Gasteiger partial charge in [-0.05, 0) is 43.0 Å². The number of allylic oxidation sites excluding steroid dienone is 1. The summed E-state index contributed by atoms with van der Waals surface area (Å²) in [5.41, 5.74) is 4.34. The Hall–Kier alpha value is -2.15. The van der Waals surface area contributed by atoms with E-state index in [0.29, 0.717) is 0 Å². The molecule has 0 saturated carbocycles. The van der Waals surface area contributed by atoms with Crippen LogP contribution in [0.2, 0.25) is 0 Å². The standard InChI is InChI=1S/C24H30O/c1-3-4-5-6-7-8-10-22-11-9-12-23(19-22)24(25)18-17-21-15-13-20(2)14-16-21/h9,11-19H,3-8,10H2,1-2H3. The monoisotopic (exact) mass is 334 g/mol. The topological polar surface area (TPSA) is 17.1 Å². The second-order valence-electron chi connectivity index (χ2n) is 6.83. The number of ketones is 1. The molecule has 0 spiro atoms. The van der Waals surface area contributed by atoms with E-state index in [1.165, 1.54) is 49.7 Å². The van der Waals surface area contributed by atoms with Gasteiger partial charge in [0, 0.05) is 5.56 Å². The number of benzene rings is 2. The third kappa shape index (κ3) is 7.09. The summed E-state index contributed by atoms with van der Waals surface area (Å²) in [5, 5.41) is 0. The van der Waals surface area contributed by atoms with Gasteiger partial charge in [-0.1, -0.05) is 93.1 Å². The van der Waals surface area contributed by atoms with Gasteiger partial charge >= 0.3 is 0 Å². The maximum Gasteiger partial charge on any atom is 0.185 e. The molecule has 2 rings (SSSR count). The van der Waals surface area contributed by atoms with Gasteiger partial charge in [-0.2, -0.15) is 0 Å². The van der Waals surface area contributed by atoms with Gasteiger partial charge in [0.25, 0.3) is 0 Å². The van der Waals surface area contributed by atoms with E-state index in [1.807, 2.05) is 36.4 Å². The van der Waals surface area contributed by atoms with Crippen LogP contribution in [0.3, 0.4) is 0 Å². The van der Waals surface area contributed by atoms with E-state index >= 15 is 0 Å². The molecule has 0 aliphatic heterocycles. The normalized spacial score (nSPS) is 11.1. The fourth-order valence-electron chi connectivity index (χ4n) is 2.94. The Kier molecular flexibility index (Phi) is 8.18. The highest BCUT2D eigenvalue weighted by molar-refractivity contribution is 6.06. The van der Waals surface area contributed by atoms with Crippen LogP contribution in [0.1, 0.15) is 72.5 Å². The van der Waals surface area contributed by atoms with Crippen molar-refractivity contribution in [3.63, 3.8) is 0 Å². The average Bonchev–Trinajstić information content (AvgIpc) is 2.64. The summed E-state index contributed by atoms with van der Waals surface area (Å²) in [4.78, 5) is 12.4. The van der Waals surface area contributed by atoms with Crippen LogP contribution in [-0.4, -0.2) is 5.78 Å². The van der Waals surface area contributed by atoms with E-state index in [-0.39, 0.29) is 5.78 Å². The van der Waals surface area contributed by atoms with E-state index in [2.05, 4.69) is 32.0 Å². The molecule has 0 aliphatic rings. The number of hydrogen-bond acceptors (Lipinski definition) is 1. The van der Waals surface area contributed by atoms with Gasteiger partial charge in [0.15, 0.2) is 5.78 Å². The van der Waals surface area contributed by atoms with Crippen molar-refractivity contribution in [3.8, 4) is 0 Å². The first-order valence-corrected chi connectivity index (χ1v) is 9.57. The van der Waals surface area contributed by atoms with Crippen LogP contribution in [-0.2, 0) is 6.42 Å². The molecule has 0 fully saturated rings. The predicted molar refractivity (Wildman–Crippen MR) is 108 cm³/mol. The van der Waals surface area contributed by atoms with E-state index in [0.717, 1.165) is 17.5 Å². The van der Waals surface area contributed by atoms with Crippen molar-refractivity contribution in [1.82, 2.24) is 0 Å². The molecule has 0 N–H and O–H groups in total. The Morgan fingerprint density at radius 3 is 2.40 bits per heavy atom. The van der Waals surface area contributed by atoms with Gasteiger partial charge in [-0.3, -0.25) is 4.79 Å². The Labute approximate surface area is 152 Å². The first-order chi connectivity index (χ1) is 12.2. The van der Waals surface area contributed by atoms with Crippen molar-refractivity contribution in [1.29, 1.82) is 0 Å². The Bertz CT molecular complexity index is 679. The van der Waals surface area contributed by atoms with Crippen LogP contribution in [0.4, 0.5) is 0 Å². The van der Waals surface area contributed by atoms with Gasteiger partial charge < -0.3 is 0 Å². The number of unbranched alkanes of at least 4 members (excludes halogenated alkanes) is 5. The van der Waals surface area contributed by atoms with Crippen LogP contribution < -0.4 is 0 Å². The van der Waals surface area contributed by atoms with Gasteiger partial charge in [-0.25, -0.2) is 0 Å². The zero-order chi connectivity index (χ0) is 17.9. The molecular weight excluding hydrogens is 304 g/mol. The summed E-state index contributed by atoms with van der Waals surface area (Å²) in [6, 6.07) is 16.3. The third-order valence-corrected chi connectivity index (χ3v) is 4.54. The summed E-state index contributed by atoms with van der Waals surface area (Å²) in [5.74, 6) is 0.0744. The number of aryl methyl sites for hydroxylation is 2. The molecule has 0 unspecified atom stereocenters. The summed E-state index contributed by atoms with van der Waals surface area (Å²) in [7, 11) is 0. The van der Waals surface area contributed by atoms with Gasteiger partial charge in [0.1, 0.15) is 0 Å². The molecule has 0 saturated heterocycles. The molecule has 0 bridgehead atoms. The van der Waals surface area contributed by atoms with E-state index in [1.54, 1.807) is 6.08 Å². The minimum absolute atomic E-state index is 0.0744. The summed E-state index contributed by atoms with van der Waals surface area (Å²) in [6.45, 7) is 4.31. The summed E-state index contributed by atoms with van der Waals surface area (Å²) in [6.07, 6.45) is 12.4. The lowest BCUT2D eigenvalue weighted by Gasteiger charge is -2.04. The minimum atomic E-state index is 0.0744. The molecule has 2 aromatic carbocycles. The molecule has 0 amide bonds. The van der Waals surface area contributed by atoms with Crippen molar-refractivity contribution < 1.29 is 4.79 Å². The number of rotatable bonds is 10. The van der Waals surface area contributed by atoms with Crippen molar-refractivity contribution in [2.75, 3.05) is 0 Å². The smallest absolute Gasteiger partial charge is 0.185 e. The lowest BCUT2D eigenvalue weighted by molar-refractivity contribution is 0.104. The Morgan fingerprint density at radius 2 is 1.64 bits per heavy atom. The maximum absolute atomic E-state index is 12.4. The molecule has 0 aromatic heterocycles. The number of hydrogen-bond donors (Lipinski definition) is 0. The molecule has 1 heteroatoms. The van der Waals surface area contributed by atoms with Gasteiger partial charge in [-0.15, -0.1) is 0 Å². The highest BCUT2D eigenvalue weighted by atomic mass is 16.1. The van der Waals surface area contributed by atoms with E-state index in [9.17, 15) is 4.79 Å². The largest absolute Gasteiger partial charge is 0.289 e. The number of carbonyl (C=O) groups is 1. The van der Waals surface area contributed by atoms with Gasteiger partial charge in [0.05, 0.1) is 0 Å². The zero-order valence-corrected chi connectivity index (χ0v) is 15.6. The lowest BCUT2D eigenvalue weighted by atomic mass is 10.0. The van der Waals surface area contributed by atoms with Crippen LogP contribution in [0.15, 0.2) is 54.6 Å².